The molecular weight excluding hydrogens is 568 g/mol. The number of carbonyl (C=O) groups excluding carboxylic acids is 4. The normalized spacial score (nSPS) is 18.5. The number of ether oxygens (including phenoxy) is 1. The van der Waals surface area contributed by atoms with Gasteiger partial charge in [-0.2, -0.15) is 0 Å². The minimum absolute atomic E-state index is 0.126. The highest BCUT2D eigenvalue weighted by molar-refractivity contribution is 6.52. The Morgan fingerprint density at radius 1 is 0.956 bits per heavy atom. The molecule has 9 heteroatoms. The van der Waals surface area contributed by atoms with E-state index < -0.39 is 23.6 Å². The van der Waals surface area contributed by atoms with Crippen molar-refractivity contribution < 1.29 is 23.9 Å². The van der Waals surface area contributed by atoms with Crippen LogP contribution in [-0.2, 0) is 25.7 Å². The topological polar surface area (TPSA) is 99.3 Å². The van der Waals surface area contributed by atoms with Crippen LogP contribution < -0.4 is 15.1 Å². The molecule has 3 aromatic carbocycles. The Bertz CT molecular complexity index is 1610. The van der Waals surface area contributed by atoms with Gasteiger partial charge in [0.1, 0.15) is 12.6 Å². The maximum atomic E-state index is 14.3. The van der Waals surface area contributed by atoms with Gasteiger partial charge in [-0.25, -0.2) is 0 Å². The van der Waals surface area contributed by atoms with Gasteiger partial charge in [-0.05, 0) is 79.6 Å². The average molecular weight is 607 g/mol. The largest absolute Gasteiger partial charge is 0.378 e. The van der Waals surface area contributed by atoms with Crippen molar-refractivity contribution in [3.63, 3.8) is 0 Å². The predicted octanol–water partition coefficient (Wildman–Crippen LogP) is 4.75. The molecule has 0 radical (unpaired) electrons. The summed E-state index contributed by atoms with van der Waals surface area (Å²) in [7, 11) is 0. The number of hydrogen-bond acceptors (Lipinski definition) is 6. The van der Waals surface area contributed by atoms with Crippen molar-refractivity contribution in [2.24, 2.45) is 5.92 Å². The smallest absolute Gasteiger partial charge is 0.299 e. The van der Waals surface area contributed by atoms with Gasteiger partial charge in [0, 0.05) is 31.0 Å². The van der Waals surface area contributed by atoms with Crippen LogP contribution in [0.5, 0.6) is 0 Å². The third-order valence-corrected chi connectivity index (χ3v) is 8.97. The van der Waals surface area contributed by atoms with Crippen molar-refractivity contribution in [3.05, 3.63) is 102 Å². The number of ketones is 1. The summed E-state index contributed by atoms with van der Waals surface area (Å²) < 4.78 is 5.47. The molecular formula is C36H38N4O5. The number of para-hydroxylation sites is 1. The monoisotopic (exact) mass is 606 g/mol. The minimum atomic E-state index is -0.801. The highest BCUT2D eigenvalue weighted by atomic mass is 16.5. The van der Waals surface area contributed by atoms with E-state index in [1.165, 1.54) is 4.90 Å². The molecule has 1 fully saturated rings. The second-order valence-corrected chi connectivity index (χ2v) is 11.8. The highest BCUT2D eigenvalue weighted by Crippen LogP contribution is 2.31. The van der Waals surface area contributed by atoms with Crippen LogP contribution in [0.3, 0.4) is 0 Å². The van der Waals surface area contributed by atoms with Gasteiger partial charge in [0.25, 0.3) is 11.7 Å². The standard InChI is InChI=1S/C36H38N4O5/c1-25-9-5-6-12-27(25)23-40(32(41)24-39-31-14-8-7-13-30(31)34(42)36(39)44)33(26-10-3-2-4-11-26)35(43)37-28-15-17-29(18-16-28)38-19-21-45-22-20-38/h2-3,5-9,12-18,26,33H,4,10-11,19-24H2,1H3,(H,37,43). The lowest BCUT2D eigenvalue weighted by Gasteiger charge is -2.38. The van der Waals surface area contributed by atoms with E-state index in [0.29, 0.717) is 31.0 Å². The van der Waals surface area contributed by atoms with Crippen LogP contribution in [0.25, 0.3) is 0 Å². The first-order chi connectivity index (χ1) is 21.9. The summed E-state index contributed by atoms with van der Waals surface area (Å²) >= 11 is 0. The van der Waals surface area contributed by atoms with Crippen LogP contribution in [0.1, 0.15) is 40.7 Å². The third kappa shape index (κ3) is 6.54. The number of fused-ring (bicyclic) bond motifs is 1. The zero-order chi connectivity index (χ0) is 31.3. The van der Waals surface area contributed by atoms with Crippen molar-refractivity contribution in [1.82, 2.24) is 4.90 Å². The Labute approximate surface area is 263 Å². The van der Waals surface area contributed by atoms with Crippen LogP contribution in [0.15, 0.2) is 84.9 Å². The molecule has 2 aliphatic heterocycles. The summed E-state index contributed by atoms with van der Waals surface area (Å²) in [5.41, 5.74) is 4.31. The molecule has 3 amide bonds. The first-order valence-corrected chi connectivity index (χ1v) is 15.6. The first kappa shape index (κ1) is 30.3. The highest BCUT2D eigenvalue weighted by Gasteiger charge is 2.41. The van der Waals surface area contributed by atoms with Gasteiger partial charge < -0.3 is 19.9 Å². The zero-order valence-corrected chi connectivity index (χ0v) is 25.5. The molecule has 9 nitrogen and oxygen atoms in total. The lowest BCUT2D eigenvalue weighted by molar-refractivity contribution is -0.140. The van der Waals surface area contributed by atoms with Gasteiger partial charge in [0.2, 0.25) is 11.8 Å². The number of benzene rings is 3. The average Bonchev–Trinajstić information content (AvgIpc) is 3.31. The number of nitrogens with zero attached hydrogens (tertiary/aromatic N) is 3. The van der Waals surface area contributed by atoms with E-state index in [1.54, 1.807) is 29.2 Å². The number of hydrogen-bond donors (Lipinski definition) is 1. The fourth-order valence-corrected chi connectivity index (χ4v) is 6.45. The number of nitrogens with one attached hydrogen (secondary N) is 1. The van der Waals surface area contributed by atoms with E-state index in [4.69, 9.17) is 4.74 Å². The summed E-state index contributed by atoms with van der Waals surface area (Å²) in [4.78, 5) is 59.5. The number of allylic oxidation sites excluding steroid dienone is 2. The number of Topliss-reactive ketones (excluding diaryl/α,β-unsaturated/α-hetero) is 1. The van der Waals surface area contributed by atoms with Gasteiger partial charge in [-0.3, -0.25) is 24.1 Å². The molecule has 1 aliphatic carbocycles. The first-order valence-electron chi connectivity index (χ1n) is 15.6. The van der Waals surface area contributed by atoms with Crippen LogP contribution in [0, 0.1) is 12.8 Å². The van der Waals surface area contributed by atoms with Crippen LogP contribution in [0.4, 0.5) is 17.1 Å². The Kier molecular flexibility index (Phi) is 9.07. The number of rotatable bonds is 9. The van der Waals surface area contributed by atoms with E-state index >= 15 is 0 Å². The maximum Gasteiger partial charge on any atom is 0.299 e. The molecule has 2 unspecified atom stereocenters. The lowest BCUT2D eigenvalue weighted by atomic mass is 9.85. The van der Waals surface area contributed by atoms with Crippen molar-refractivity contribution in [3.8, 4) is 0 Å². The molecule has 2 atom stereocenters. The Balaban J connectivity index is 1.31. The molecule has 1 saturated heterocycles. The van der Waals surface area contributed by atoms with E-state index in [9.17, 15) is 19.2 Å². The minimum Gasteiger partial charge on any atom is -0.378 e. The van der Waals surface area contributed by atoms with Crippen molar-refractivity contribution in [2.75, 3.05) is 48.0 Å². The summed E-state index contributed by atoms with van der Waals surface area (Å²) in [6, 6.07) is 21.4. The fourth-order valence-electron chi connectivity index (χ4n) is 6.45. The van der Waals surface area contributed by atoms with Gasteiger partial charge in [0.05, 0.1) is 24.5 Å². The molecule has 0 bridgehead atoms. The number of carbonyl (C=O) groups is 4. The van der Waals surface area contributed by atoms with Crippen molar-refractivity contribution >= 4 is 40.6 Å². The number of morpholine rings is 1. The van der Waals surface area contributed by atoms with Crippen LogP contribution in [-0.4, -0.2) is 67.3 Å². The molecule has 3 aliphatic rings. The molecule has 0 saturated carbocycles. The quantitative estimate of drug-likeness (QED) is 0.279. The zero-order valence-electron chi connectivity index (χ0n) is 25.5. The molecule has 2 heterocycles. The summed E-state index contributed by atoms with van der Waals surface area (Å²) in [5, 5.41) is 3.10. The molecule has 45 heavy (non-hydrogen) atoms. The molecule has 3 aromatic rings. The van der Waals surface area contributed by atoms with Crippen LogP contribution >= 0.6 is 0 Å². The van der Waals surface area contributed by atoms with E-state index in [2.05, 4.69) is 22.4 Å². The summed E-state index contributed by atoms with van der Waals surface area (Å²) in [5.74, 6) is -2.16. The lowest BCUT2D eigenvalue weighted by Crippen LogP contribution is -2.54. The van der Waals surface area contributed by atoms with Crippen molar-refractivity contribution in [1.29, 1.82) is 0 Å². The second-order valence-electron chi connectivity index (χ2n) is 11.8. The fraction of sp³-hybridized carbons (Fsp3) is 0.333. The molecule has 0 aromatic heterocycles. The SMILES string of the molecule is Cc1ccccc1CN(C(=O)CN1C(=O)C(=O)c2ccccc21)C(C(=O)Nc1ccc(N2CCOCC2)cc1)C1CC=CCC1. The predicted molar refractivity (Wildman–Crippen MR) is 173 cm³/mol. The maximum absolute atomic E-state index is 14.3. The van der Waals surface area contributed by atoms with Gasteiger partial charge in [0.15, 0.2) is 0 Å². The summed E-state index contributed by atoms with van der Waals surface area (Å²) in [6.07, 6.45) is 6.37. The Morgan fingerprint density at radius 2 is 1.69 bits per heavy atom. The number of aryl methyl sites for hydroxylation is 1. The van der Waals surface area contributed by atoms with E-state index in [0.717, 1.165) is 42.7 Å². The van der Waals surface area contributed by atoms with Gasteiger partial charge in [-0.15, -0.1) is 0 Å². The summed E-state index contributed by atoms with van der Waals surface area (Å²) in [6.45, 7) is 4.83. The van der Waals surface area contributed by atoms with E-state index in [-0.39, 0.29) is 30.5 Å². The number of anilines is 3. The second kappa shape index (κ2) is 13.5. The molecule has 232 valence electrons. The van der Waals surface area contributed by atoms with E-state index in [1.807, 2.05) is 55.5 Å². The Hall–Kier alpha value is -4.76. The molecule has 1 N–H and O–H groups in total. The third-order valence-electron chi connectivity index (χ3n) is 8.97. The van der Waals surface area contributed by atoms with Crippen molar-refractivity contribution in [2.45, 2.75) is 38.8 Å². The molecule has 0 spiro atoms. The van der Waals surface area contributed by atoms with Crippen LogP contribution in [0.2, 0.25) is 0 Å². The van der Waals surface area contributed by atoms with Gasteiger partial charge >= 0.3 is 0 Å². The molecule has 6 rings (SSSR count). The van der Waals surface area contributed by atoms with Gasteiger partial charge in [-0.1, -0.05) is 48.6 Å². The Morgan fingerprint density at radius 3 is 2.42 bits per heavy atom. The number of amides is 3.